The van der Waals surface area contributed by atoms with E-state index in [0.29, 0.717) is 12.2 Å². The quantitative estimate of drug-likeness (QED) is 0.691. The van der Waals surface area contributed by atoms with E-state index in [9.17, 15) is 14.4 Å². The summed E-state index contributed by atoms with van der Waals surface area (Å²) in [6, 6.07) is 2.14. The van der Waals surface area contributed by atoms with Crippen LogP contribution in [-0.2, 0) is 25.5 Å². The number of carboxylic acid groups (broad SMARTS) is 1. The number of amides is 1. The van der Waals surface area contributed by atoms with Crippen LogP contribution in [0.4, 0.5) is 0 Å². The van der Waals surface area contributed by atoms with Crippen LogP contribution in [0.25, 0.3) is 0 Å². The Balaban J connectivity index is 2.42. The van der Waals surface area contributed by atoms with Gasteiger partial charge in [-0.2, -0.15) is 0 Å². The van der Waals surface area contributed by atoms with Crippen molar-refractivity contribution in [2.45, 2.75) is 25.3 Å². The summed E-state index contributed by atoms with van der Waals surface area (Å²) >= 11 is 0. The van der Waals surface area contributed by atoms with Gasteiger partial charge in [0, 0.05) is 12.8 Å². The van der Waals surface area contributed by atoms with Crippen molar-refractivity contribution in [3.63, 3.8) is 0 Å². The van der Waals surface area contributed by atoms with E-state index in [2.05, 4.69) is 10.1 Å². The molecule has 1 heterocycles. The van der Waals surface area contributed by atoms with Crippen molar-refractivity contribution >= 4 is 17.8 Å². The number of aryl methyl sites for hydroxylation is 1. The second-order valence-corrected chi connectivity index (χ2v) is 3.82. The Kier molecular flexibility index (Phi) is 5.59. The van der Waals surface area contributed by atoms with Gasteiger partial charge in [0.2, 0.25) is 5.91 Å². The largest absolute Gasteiger partial charge is 0.480 e. The average molecular weight is 269 g/mol. The smallest absolute Gasteiger partial charge is 0.326 e. The second-order valence-electron chi connectivity index (χ2n) is 3.82. The van der Waals surface area contributed by atoms with E-state index in [-0.39, 0.29) is 6.42 Å². The third-order valence-electron chi connectivity index (χ3n) is 2.41. The molecule has 0 saturated heterocycles. The topological polar surface area (TPSA) is 106 Å². The Morgan fingerprint density at radius 2 is 2.21 bits per heavy atom. The Hall–Kier alpha value is -2.31. The molecule has 0 aliphatic heterocycles. The zero-order valence-corrected chi connectivity index (χ0v) is 10.4. The Morgan fingerprint density at radius 1 is 1.47 bits per heavy atom. The molecule has 0 bridgehead atoms. The lowest BCUT2D eigenvalue weighted by atomic mass is 10.2. The molecule has 2 N–H and O–H groups in total. The molecule has 0 fully saturated rings. The van der Waals surface area contributed by atoms with Gasteiger partial charge in [-0.05, 0) is 12.1 Å². The first-order chi connectivity index (χ1) is 9.02. The van der Waals surface area contributed by atoms with E-state index >= 15 is 0 Å². The van der Waals surface area contributed by atoms with E-state index < -0.39 is 30.3 Å². The molecule has 0 spiro atoms. The molecule has 0 unspecified atom stereocenters. The third-order valence-corrected chi connectivity index (χ3v) is 2.41. The number of carbonyl (C=O) groups excluding carboxylic acids is 2. The van der Waals surface area contributed by atoms with Crippen molar-refractivity contribution in [2.24, 2.45) is 0 Å². The average Bonchev–Trinajstić information content (AvgIpc) is 2.88. The first kappa shape index (κ1) is 14.7. The number of nitrogens with one attached hydrogen (secondary N) is 1. The molecule has 1 rings (SSSR count). The number of carboxylic acids is 1. The van der Waals surface area contributed by atoms with E-state index in [1.807, 2.05) is 0 Å². The number of carbonyl (C=O) groups is 3. The monoisotopic (exact) mass is 269 g/mol. The number of aliphatic carboxylic acids is 1. The van der Waals surface area contributed by atoms with Crippen molar-refractivity contribution in [3.05, 3.63) is 24.2 Å². The predicted molar refractivity (Wildman–Crippen MR) is 63.2 cm³/mol. The van der Waals surface area contributed by atoms with Crippen molar-refractivity contribution in [3.8, 4) is 0 Å². The number of esters is 1. The van der Waals surface area contributed by atoms with Crippen molar-refractivity contribution in [2.75, 3.05) is 7.11 Å². The molecule has 1 aromatic rings. The van der Waals surface area contributed by atoms with Gasteiger partial charge < -0.3 is 19.6 Å². The molecule has 0 radical (unpaired) electrons. The lowest BCUT2D eigenvalue weighted by Gasteiger charge is -2.12. The Bertz CT molecular complexity index is 439. The number of rotatable bonds is 7. The molecule has 104 valence electrons. The lowest BCUT2D eigenvalue weighted by molar-refractivity contribution is -0.148. The van der Waals surface area contributed by atoms with Crippen LogP contribution in [0.1, 0.15) is 18.6 Å². The van der Waals surface area contributed by atoms with Crippen LogP contribution < -0.4 is 5.32 Å². The summed E-state index contributed by atoms with van der Waals surface area (Å²) in [5.41, 5.74) is 0. The Morgan fingerprint density at radius 3 is 2.74 bits per heavy atom. The van der Waals surface area contributed by atoms with Crippen LogP contribution in [-0.4, -0.2) is 36.1 Å². The minimum absolute atomic E-state index is 0.0818. The van der Waals surface area contributed by atoms with Crippen LogP contribution in [0.2, 0.25) is 0 Å². The van der Waals surface area contributed by atoms with Crippen LogP contribution in [0.3, 0.4) is 0 Å². The molecule has 1 atom stereocenters. The van der Waals surface area contributed by atoms with Crippen LogP contribution >= 0.6 is 0 Å². The first-order valence-electron chi connectivity index (χ1n) is 5.64. The summed E-state index contributed by atoms with van der Waals surface area (Å²) in [6.45, 7) is 0. The minimum atomic E-state index is -1.28. The maximum absolute atomic E-state index is 11.6. The highest BCUT2D eigenvalue weighted by molar-refractivity contribution is 5.87. The number of methoxy groups -OCH3 is 1. The van der Waals surface area contributed by atoms with Crippen LogP contribution in [0.15, 0.2) is 22.8 Å². The third kappa shape index (κ3) is 5.24. The van der Waals surface area contributed by atoms with E-state index in [0.717, 1.165) is 7.11 Å². The number of hydrogen-bond acceptors (Lipinski definition) is 5. The molecule has 1 aromatic heterocycles. The summed E-state index contributed by atoms with van der Waals surface area (Å²) < 4.78 is 9.41. The van der Waals surface area contributed by atoms with Gasteiger partial charge in [-0.1, -0.05) is 0 Å². The number of furan rings is 1. The van der Waals surface area contributed by atoms with E-state index in [1.54, 1.807) is 12.1 Å². The van der Waals surface area contributed by atoms with Gasteiger partial charge in [-0.15, -0.1) is 0 Å². The SMILES string of the molecule is COC(=O)C[C@H](NC(=O)CCc1ccco1)C(=O)O. The van der Waals surface area contributed by atoms with Gasteiger partial charge in [0.1, 0.15) is 11.8 Å². The van der Waals surface area contributed by atoms with Crippen molar-refractivity contribution in [1.82, 2.24) is 5.32 Å². The summed E-state index contributed by atoms with van der Waals surface area (Å²) in [4.78, 5) is 33.4. The predicted octanol–water partition coefficient (Wildman–Crippen LogP) is 0.345. The highest BCUT2D eigenvalue weighted by Gasteiger charge is 2.23. The lowest BCUT2D eigenvalue weighted by Crippen LogP contribution is -2.42. The molecular weight excluding hydrogens is 254 g/mol. The fourth-order valence-electron chi connectivity index (χ4n) is 1.41. The van der Waals surface area contributed by atoms with Crippen LogP contribution in [0.5, 0.6) is 0 Å². The number of ether oxygens (including phenoxy) is 1. The summed E-state index contributed by atoms with van der Waals surface area (Å²) in [6.07, 6.45) is 1.53. The van der Waals surface area contributed by atoms with Gasteiger partial charge in [0.25, 0.3) is 0 Å². The summed E-state index contributed by atoms with van der Waals surface area (Å²) in [5, 5.41) is 11.1. The molecule has 0 aliphatic carbocycles. The fraction of sp³-hybridized carbons (Fsp3) is 0.417. The summed E-state index contributed by atoms with van der Waals surface area (Å²) in [7, 11) is 1.15. The standard InChI is InChI=1S/C12H15NO6/c1-18-11(15)7-9(12(16)17)13-10(14)5-4-8-3-2-6-19-8/h2-3,6,9H,4-5,7H2,1H3,(H,13,14)(H,16,17)/t9-/m0/s1. The molecule has 1 amide bonds. The van der Waals surface area contributed by atoms with Gasteiger partial charge in [-0.25, -0.2) is 4.79 Å². The van der Waals surface area contributed by atoms with Crippen LogP contribution in [0, 0.1) is 0 Å². The Labute approximate surface area is 109 Å². The van der Waals surface area contributed by atoms with Crippen molar-refractivity contribution < 1.29 is 28.6 Å². The molecule has 0 aliphatic rings. The molecule has 7 nitrogen and oxygen atoms in total. The van der Waals surface area contributed by atoms with E-state index in [4.69, 9.17) is 9.52 Å². The molecule has 19 heavy (non-hydrogen) atoms. The number of hydrogen-bond donors (Lipinski definition) is 2. The van der Waals surface area contributed by atoms with Gasteiger partial charge in [-0.3, -0.25) is 9.59 Å². The van der Waals surface area contributed by atoms with Crippen molar-refractivity contribution in [1.29, 1.82) is 0 Å². The maximum atomic E-state index is 11.6. The van der Waals surface area contributed by atoms with Gasteiger partial charge in [0.15, 0.2) is 0 Å². The molecule has 0 aromatic carbocycles. The van der Waals surface area contributed by atoms with Gasteiger partial charge >= 0.3 is 11.9 Å². The molecule has 7 heteroatoms. The highest BCUT2D eigenvalue weighted by atomic mass is 16.5. The first-order valence-corrected chi connectivity index (χ1v) is 5.64. The summed E-state index contributed by atoms with van der Waals surface area (Å²) in [5.74, 6) is -1.81. The molecular formula is C12H15NO6. The van der Waals surface area contributed by atoms with Gasteiger partial charge in [0.05, 0.1) is 19.8 Å². The maximum Gasteiger partial charge on any atom is 0.326 e. The zero-order chi connectivity index (χ0) is 14.3. The zero-order valence-electron chi connectivity index (χ0n) is 10.4. The second kappa shape index (κ2) is 7.20. The fourth-order valence-corrected chi connectivity index (χ4v) is 1.41. The molecule has 0 saturated carbocycles. The minimum Gasteiger partial charge on any atom is -0.480 e. The highest BCUT2D eigenvalue weighted by Crippen LogP contribution is 2.04. The van der Waals surface area contributed by atoms with E-state index in [1.165, 1.54) is 6.26 Å². The normalized spacial score (nSPS) is 11.6.